The molecule has 16 rings (SSSR count). The van der Waals surface area contributed by atoms with Crippen molar-refractivity contribution < 1.29 is 17.6 Å². The Morgan fingerprint density at radius 1 is 0.313 bits per heavy atom. The van der Waals surface area contributed by atoms with Crippen LogP contribution in [-0.2, 0) is 27.1 Å². The lowest BCUT2D eigenvalue weighted by molar-refractivity contribution is 0.571. The van der Waals surface area contributed by atoms with Crippen molar-refractivity contribution in [3.05, 3.63) is 297 Å². The lowest BCUT2D eigenvalue weighted by Crippen LogP contribution is -2.27. The van der Waals surface area contributed by atoms with Crippen LogP contribution in [0.4, 0.5) is 42.9 Å². The van der Waals surface area contributed by atoms with Gasteiger partial charge < -0.3 is 18.6 Å². The largest absolute Gasteiger partial charge is 0.455 e. The molecule has 492 valence electrons. The maximum absolute atomic E-state index is 17.4. The average molecular weight is 1300 g/mol. The van der Waals surface area contributed by atoms with E-state index in [2.05, 4.69) is 303 Å². The Labute approximate surface area is 581 Å². The molecule has 14 aromatic rings. The van der Waals surface area contributed by atoms with Gasteiger partial charge in [-0.2, -0.15) is 0 Å². The minimum absolute atomic E-state index is 0.123. The fourth-order valence-corrected chi connectivity index (χ4v) is 16.5. The first-order chi connectivity index (χ1) is 47.0. The molecule has 0 bridgehead atoms. The summed E-state index contributed by atoms with van der Waals surface area (Å²) in [7, 11) is 0. The second-order valence-electron chi connectivity index (χ2n) is 32.4. The normalized spacial score (nSPS) is 13.4. The Balaban J connectivity index is 1.10. The van der Waals surface area contributed by atoms with E-state index in [4.69, 9.17) is 8.83 Å². The Bertz CT molecular complexity index is 5300. The first kappa shape index (κ1) is 63.4. The third kappa shape index (κ3) is 10.2. The van der Waals surface area contributed by atoms with Crippen LogP contribution in [0.5, 0.6) is 0 Å². The zero-order chi connectivity index (χ0) is 69.3. The fourth-order valence-electron chi connectivity index (χ4n) is 16.5. The summed E-state index contributed by atoms with van der Waals surface area (Å²) < 4.78 is 49.9. The molecule has 0 amide bonds. The molecule has 4 nitrogen and oxygen atoms in total. The highest BCUT2D eigenvalue weighted by Gasteiger charge is 2.55. The number of aryl methyl sites for hydroxylation is 4. The molecular formula is C93H84F2N2O2. The summed E-state index contributed by atoms with van der Waals surface area (Å²) >= 11 is 0. The van der Waals surface area contributed by atoms with Crippen LogP contribution in [0.3, 0.4) is 0 Å². The molecule has 0 fully saturated rings. The van der Waals surface area contributed by atoms with E-state index in [1.807, 2.05) is 12.1 Å². The van der Waals surface area contributed by atoms with Crippen molar-refractivity contribution in [2.24, 2.45) is 0 Å². The molecule has 0 unspecified atom stereocenters. The van der Waals surface area contributed by atoms with E-state index < -0.39 is 11.2 Å². The highest BCUT2D eigenvalue weighted by atomic mass is 19.1. The zero-order valence-electron chi connectivity index (χ0n) is 59.8. The summed E-state index contributed by atoms with van der Waals surface area (Å²) in [6, 6.07) is 77.5. The van der Waals surface area contributed by atoms with Crippen molar-refractivity contribution in [2.75, 3.05) is 9.80 Å². The van der Waals surface area contributed by atoms with Crippen LogP contribution in [-0.4, -0.2) is 0 Å². The number of halogens is 2. The molecule has 2 heterocycles. The highest BCUT2D eigenvalue weighted by Crippen LogP contribution is 2.68. The Hall–Kier alpha value is -10.3. The van der Waals surface area contributed by atoms with Gasteiger partial charge in [0.1, 0.15) is 34.0 Å². The number of rotatable bonds is 8. The van der Waals surface area contributed by atoms with E-state index in [1.165, 1.54) is 39.4 Å². The highest BCUT2D eigenvalue weighted by molar-refractivity contribution is 6.26. The van der Waals surface area contributed by atoms with Gasteiger partial charge in [-0.1, -0.05) is 239 Å². The lowest BCUT2D eigenvalue weighted by atomic mass is 9.70. The summed E-state index contributed by atoms with van der Waals surface area (Å²) in [6.45, 7) is 35.6. The maximum atomic E-state index is 17.4. The van der Waals surface area contributed by atoms with Crippen molar-refractivity contribution in [3.8, 4) is 44.5 Å². The molecule has 2 aromatic heterocycles. The molecule has 0 N–H and O–H groups in total. The van der Waals surface area contributed by atoms with Gasteiger partial charge in [0.2, 0.25) is 0 Å². The zero-order valence-corrected chi connectivity index (χ0v) is 59.8. The molecule has 2 aliphatic rings. The molecule has 6 heteroatoms. The van der Waals surface area contributed by atoms with Crippen LogP contribution in [0, 0.1) is 39.3 Å². The molecule has 0 aliphatic heterocycles. The molecule has 0 saturated carbocycles. The lowest BCUT2D eigenvalue weighted by Gasteiger charge is -2.34. The standard InChI is InChI=1S/C93H84F2N2O2/c1-53-43-54(2)46-59(45-53)57-23-33-65(34-24-57)96(67-37-27-61(28-38-67)89(5,6)7)79-51-77-83(87-81(79)70-19-17-21-74(85(70)98-87)91(11,12)13)84-78(93(77)73-42-32-63(94)49-72(73)69-41-31-64(95)50-76(69)93)52-80(82-71-20-18-22-75(92(14,15)16)86(71)99-88(82)84)97(68-39-29-62(30-40-68)90(8,9)10)66-35-25-58(26-36-66)60-47-55(3)44-56(4)48-60/h17-52H,1-16H3. The second kappa shape index (κ2) is 22.4. The predicted molar refractivity (Wildman–Crippen MR) is 411 cm³/mol. The molecule has 99 heavy (non-hydrogen) atoms. The summed E-state index contributed by atoms with van der Waals surface area (Å²) in [5.74, 6) is -0.779. The summed E-state index contributed by atoms with van der Waals surface area (Å²) in [5, 5.41) is 3.76. The molecule has 0 saturated heterocycles. The van der Waals surface area contributed by atoms with E-state index in [-0.39, 0.29) is 27.5 Å². The predicted octanol–water partition coefficient (Wildman–Crippen LogP) is 26.8. The Kier molecular flexibility index (Phi) is 14.3. The number of benzene rings is 12. The quantitative estimate of drug-likeness (QED) is 0.152. The van der Waals surface area contributed by atoms with Crippen LogP contribution < -0.4 is 9.80 Å². The second-order valence-corrected chi connectivity index (χ2v) is 32.4. The monoisotopic (exact) mass is 1300 g/mol. The first-order valence-electron chi connectivity index (χ1n) is 34.9. The minimum atomic E-state index is -1.32. The number of furan rings is 2. The number of para-hydroxylation sites is 2. The van der Waals surface area contributed by atoms with E-state index in [0.29, 0.717) is 22.3 Å². The molecule has 12 aromatic carbocycles. The van der Waals surface area contributed by atoms with Crippen LogP contribution in [0.15, 0.2) is 227 Å². The number of hydrogen-bond acceptors (Lipinski definition) is 4. The van der Waals surface area contributed by atoms with Gasteiger partial charge in [0, 0.05) is 55.8 Å². The van der Waals surface area contributed by atoms with E-state index in [1.54, 1.807) is 18.2 Å². The van der Waals surface area contributed by atoms with Crippen molar-refractivity contribution >= 4 is 78.0 Å². The number of anilines is 6. The van der Waals surface area contributed by atoms with Gasteiger partial charge >= 0.3 is 0 Å². The van der Waals surface area contributed by atoms with Crippen molar-refractivity contribution in [1.29, 1.82) is 0 Å². The Morgan fingerprint density at radius 2 is 0.687 bits per heavy atom. The topological polar surface area (TPSA) is 32.8 Å². The van der Waals surface area contributed by atoms with Gasteiger partial charge in [-0.05, 0) is 201 Å². The minimum Gasteiger partial charge on any atom is -0.455 e. The van der Waals surface area contributed by atoms with Gasteiger partial charge in [0.05, 0.1) is 27.6 Å². The van der Waals surface area contributed by atoms with Crippen molar-refractivity contribution in [2.45, 2.75) is 138 Å². The number of hydrogen-bond donors (Lipinski definition) is 0. The smallest absolute Gasteiger partial charge is 0.145 e. The van der Waals surface area contributed by atoms with Crippen LogP contribution in [0.1, 0.15) is 150 Å². The van der Waals surface area contributed by atoms with Gasteiger partial charge in [0.15, 0.2) is 0 Å². The van der Waals surface area contributed by atoms with Crippen LogP contribution in [0.2, 0.25) is 0 Å². The van der Waals surface area contributed by atoms with Gasteiger partial charge in [0.25, 0.3) is 0 Å². The summed E-state index contributed by atoms with van der Waals surface area (Å²) in [6.07, 6.45) is 0. The first-order valence-corrected chi connectivity index (χ1v) is 34.9. The van der Waals surface area contributed by atoms with Crippen molar-refractivity contribution in [3.63, 3.8) is 0 Å². The molecule has 0 atom stereocenters. The SMILES string of the molecule is Cc1cc(C)cc(-c2ccc(N(c3ccc(C(C)(C)C)cc3)c3cc4c(c5oc6c(C(C)(C)C)cccc6c35)-c3c(cc(N(c5ccc(-c6cc(C)cc(C)c6)cc5)c5ccc(C(C)(C)C)cc5)c5c3oc3c(C(C)(C)C)cccc35)C43c4ccc(F)cc4-c4ccc(F)cc43)cc2)c1. The maximum Gasteiger partial charge on any atom is 0.145 e. The van der Waals surface area contributed by atoms with Crippen LogP contribution >= 0.6 is 0 Å². The molecular weight excluding hydrogens is 1220 g/mol. The molecule has 1 spiro atoms. The third-order valence-corrected chi connectivity index (χ3v) is 21.1. The fraction of sp³-hybridized carbons (Fsp3) is 0.226. The van der Waals surface area contributed by atoms with E-state index >= 15 is 8.78 Å². The average Bonchev–Trinajstić information content (AvgIpc) is 1.48. The Morgan fingerprint density at radius 3 is 1.07 bits per heavy atom. The third-order valence-electron chi connectivity index (χ3n) is 21.1. The molecule has 0 radical (unpaired) electrons. The van der Waals surface area contributed by atoms with Gasteiger partial charge in [-0.25, -0.2) is 8.78 Å². The number of fused-ring (bicyclic) bond motifs is 18. The summed E-state index contributed by atoms with van der Waals surface area (Å²) in [5.41, 5.74) is 26.4. The van der Waals surface area contributed by atoms with Crippen molar-refractivity contribution in [1.82, 2.24) is 0 Å². The summed E-state index contributed by atoms with van der Waals surface area (Å²) in [4.78, 5) is 4.79. The van der Waals surface area contributed by atoms with Crippen LogP contribution in [0.25, 0.3) is 88.4 Å². The van der Waals surface area contributed by atoms with Gasteiger partial charge in [-0.15, -0.1) is 0 Å². The molecule has 2 aliphatic carbocycles. The van der Waals surface area contributed by atoms with Gasteiger partial charge in [-0.3, -0.25) is 0 Å². The van der Waals surface area contributed by atoms with E-state index in [9.17, 15) is 0 Å². The number of nitrogens with zero attached hydrogens (tertiary/aromatic N) is 2. The van der Waals surface area contributed by atoms with E-state index in [0.717, 1.165) is 134 Å².